The van der Waals surface area contributed by atoms with Gasteiger partial charge in [-0.2, -0.15) is 0 Å². The molecule has 0 aromatic carbocycles. The van der Waals surface area contributed by atoms with Crippen molar-refractivity contribution in [1.29, 1.82) is 0 Å². The second kappa shape index (κ2) is 7.64. The van der Waals surface area contributed by atoms with Crippen LogP contribution < -0.4 is 5.32 Å². The average molecular weight is 310 g/mol. The molecule has 0 aliphatic carbocycles. The largest absolute Gasteiger partial charge is 0.356 e. The van der Waals surface area contributed by atoms with Gasteiger partial charge in [-0.3, -0.25) is 4.99 Å². The first kappa shape index (κ1) is 17.5. The molecule has 0 saturated carbocycles. The van der Waals surface area contributed by atoms with Crippen LogP contribution in [0.3, 0.4) is 0 Å². The van der Waals surface area contributed by atoms with Gasteiger partial charge in [0.2, 0.25) is 0 Å². The summed E-state index contributed by atoms with van der Waals surface area (Å²) in [5.41, 5.74) is 0.420. The zero-order valence-electron chi connectivity index (χ0n) is 15.2. The van der Waals surface area contributed by atoms with E-state index in [1.165, 1.54) is 39.1 Å². The lowest BCUT2D eigenvalue weighted by Gasteiger charge is -2.34. The predicted octanol–water partition coefficient (Wildman–Crippen LogP) is 1.18. The fourth-order valence-electron chi connectivity index (χ4n) is 3.43. The van der Waals surface area contributed by atoms with Gasteiger partial charge in [0.25, 0.3) is 0 Å². The minimum Gasteiger partial charge on any atom is -0.356 e. The molecule has 128 valence electrons. The van der Waals surface area contributed by atoms with Crippen LogP contribution in [0.25, 0.3) is 0 Å². The third-order valence-electron chi connectivity index (χ3n) is 4.96. The van der Waals surface area contributed by atoms with Crippen molar-refractivity contribution in [1.82, 2.24) is 20.0 Å². The van der Waals surface area contributed by atoms with Gasteiger partial charge in [0.1, 0.15) is 0 Å². The number of hydrogen-bond acceptors (Lipinski definition) is 3. The van der Waals surface area contributed by atoms with Crippen molar-refractivity contribution in [3.8, 4) is 0 Å². The van der Waals surface area contributed by atoms with Crippen LogP contribution in [0.1, 0.15) is 27.2 Å². The number of piperazine rings is 1. The number of nitrogens with one attached hydrogen (secondary N) is 1. The molecule has 2 aliphatic rings. The second-order valence-electron chi connectivity index (χ2n) is 7.97. The van der Waals surface area contributed by atoms with Crippen LogP contribution in [0.2, 0.25) is 0 Å². The van der Waals surface area contributed by atoms with Crippen LogP contribution in [0, 0.1) is 11.3 Å². The Hall–Kier alpha value is -0.810. The van der Waals surface area contributed by atoms with Crippen LogP contribution >= 0.6 is 0 Å². The summed E-state index contributed by atoms with van der Waals surface area (Å²) in [6.07, 6.45) is 1.25. The van der Waals surface area contributed by atoms with Gasteiger partial charge in [-0.25, -0.2) is 0 Å². The summed E-state index contributed by atoms with van der Waals surface area (Å²) in [7, 11) is 4.11. The van der Waals surface area contributed by atoms with Gasteiger partial charge < -0.3 is 20.0 Å². The van der Waals surface area contributed by atoms with Crippen molar-refractivity contribution in [3.63, 3.8) is 0 Å². The smallest absolute Gasteiger partial charge is 0.193 e. The average Bonchev–Trinajstić information content (AvgIpc) is 2.82. The Labute approximate surface area is 136 Å². The molecule has 22 heavy (non-hydrogen) atoms. The highest BCUT2D eigenvalue weighted by molar-refractivity contribution is 5.80. The molecule has 1 atom stereocenters. The summed E-state index contributed by atoms with van der Waals surface area (Å²) >= 11 is 0. The van der Waals surface area contributed by atoms with E-state index in [0.717, 1.165) is 25.6 Å². The quantitative estimate of drug-likeness (QED) is 0.625. The van der Waals surface area contributed by atoms with E-state index in [9.17, 15) is 0 Å². The summed E-state index contributed by atoms with van der Waals surface area (Å²) in [4.78, 5) is 11.9. The zero-order chi connectivity index (χ0) is 16.2. The van der Waals surface area contributed by atoms with Crippen molar-refractivity contribution < 1.29 is 0 Å². The SMILES string of the molecule is CN=C(NCC(C)CN1CCN(C)CC1)N1CCC(C)(C)C1. The van der Waals surface area contributed by atoms with Crippen molar-refractivity contribution in [3.05, 3.63) is 0 Å². The first-order valence-electron chi connectivity index (χ1n) is 8.76. The highest BCUT2D eigenvalue weighted by Crippen LogP contribution is 2.28. The lowest BCUT2D eigenvalue weighted by molar-refractivity contribution is 0.139. The molecule has 0 amide bonds. The number of aliphatic imine (C=N–C) groups is 1. The van der Waals surface area contributed by atoms with E-state index in [2.05, 4.69) is 52.8 Å². The van der Waals surface area contributed by atoms with Crippen LogP contribution in [-0.2, 0) is 0 Å². The Balaban J connectivity index is 1.71. The number of guanidine groups is 1. The first-order valence-corrected chi connectivity index (χ1v) is 8.76. The Morgan fingerprint density at radius 2 is 1.86 bits per heavy atom. The van der Waals surface area contributed by atoms with Gasteiger partial charge in [0.15, 0.2) is 5.96 Å². The third kappa shape index (κ3) is 5.13. The molecule has 5 heteroatoms. The lowest BCUT2D eigenvalue weighted by Crippen LogP contribution is -2.48. The molecule has 0 aromatic heterocycles. The number of nitrogens with zero attached hydrogens (tertiary/aromatic N) is 4. The van der Waals surface area contributed by atoms with E-state index in [1.807, 2.05) is 7.05 Å². The maximum absolute atomic E-state index is 4.48. The summed E-state index contributed by atoms with van der Waals surface area (Å²) in [5.74, 6) is 1.73. The molecule has 0 aromatic rings. The maximum atomic E-state index is 4.48. The van der Waals surface area contributed by atoms with E-state index >= 15 is 0 Å². The van der Waals surface area contributed by atoms with Gasteiger partial charge in [0.05, 0.1) is 0 Å². The molecular formula is C17H35N5. The summed E-state index contributed by atoms with van der Waals surface area (Å²) in [5, 5.41) is 3.59. The highest BCUT2D eigenvalue weighted by Gasteiger charge is 2.30. The fourth-order valence-corrected chi connectivity index (χ4v) is 3.43. The lowest BCUT2D eigenvalue weighted by atomic mass is 9.93. The van der Waals surface area contributed by atoms with Crippen molar-refractivity contribution >= 4 is 5.96 Å². The number of hydrogen-bond donors (Lipinski definition) is 1. The molecule has 0 bridgehead atoms. The summed E-state index contributed by atoms with van der Waals surface area (Å²) in [6, 6.07) is 0. The molecule has 2 rings (SSSR count). The van der Waals surface area contributed by atoms with Gasteiger partial charge in [-0.1, -0.05) is 20.8 Å². The minimum atomic E-state index is 0.420. The molecule has 2 heterocycles. The third-order valence-corrected chi connectivity index (χ3v) is 4.96. The van der Waals surface area contributed by atoms with Crippen LogP contribution in [-0.4, -0.2) is 87.1 Å². The van der Waals surface area contributed by atoms with Crippen molar-refractivity contribution in [2.75, 3.05) is 66.5 Å². The van der Waals surface area contributed by atoms with E-state index in [0.29, 0.717) is 11.3 Å². The van der Waals surface area contributed by atoms with E-state index in [1.54, 1.807) is 0 Å². The van der Waals surface area contributed by atoms with Crippen LogP contribution in [0.4, 0.5) is 0 Å². The molecule has 5 nitrogen and oxygen atoms in total. The monoisotopic (exact) mass is 309 g/mol. The van der Waals surface area contributed by atoms with Crippen LogP contribution in [0.5, 0.6) is 0 Å². The second-order valence-corrected chi connectivity index (χ2v) is 7.97. The molecule has 0 radical (unpaired) electrons. The van der Waals surface area contributed by atoms with E-state index in [4.69, 9.17) is 0 Å². The van der Waals surface area contributed by atoms with Gasteiger partial charge in [0, 0.05) is 59.4 Å². The number of likely N-dealkylation sites (N-methyl/N-ethyl adjacent to an activating group) is 1. The topological polar surface area (TPSA) is 34.1 Å². The Bertz CT molecular complexity index is 371. The van der Waals surface area contributed by atoms with E-state index in [-0.39, 0.29) is 0 Å². The highest BCUT2D eigenvalue weighted by atomic mass is 15.3. The van der Waals surface area contributed by atoms with Crippen molar-refractivity contribution in [2.24, 2.45) is 16.3 Å². The maximum Gasteiger partial charge on any atom is 0.193 e. The Kier molecular flexibility index (Phi) is 6.09. The normalized spacial score (nSPS) is 25.5. The fraction of sp³-hybridized carbons (Fsp3) is 0.941. The Morgan fingerprint density at radius 1 is 1.18 bits per heavy atom. The first-order chi connectivity index (χ1) is 10.4. The predicted molar refractivity (Wildman–Crippen MR) is 94.4 cm³/mol. The Morgan fingerprint density at radius 3 is 2.41 bits per heavy atom. The summed E-state index contributed by atoms with van der Waals surface area (Å²) < 4.78 is 0. The minimum absolute atomic E-state index is 0.420. The molecule has 0 spiro atoms. The van der Waals surface area contributed by atoms with E-state index < -0.39 is 0 Å². The van der Waals surface area contributed by atoms with Crippen LogP contribution in [0.15, 0.2) is 4.99 Å². The number of likely N-dealkylation sites (tertiary alicyclic amines) is 1. The van der Waals surface area contributed by atoms with Gasteiger partial charge in [-0.05, 0) is 24.8 Å². The number of rotatable bonds is 4. The molecule has 2 fully saturated rings. The molecule has 1 unspecified atom stereocenters. The molecule has 1 N–H and O–H groups in total. The molecular weight excluding hydrogens is 274 g/mol. The summed E-state index contributed by atoms with van der Waals surface area (Å²) in [6.45, 7) is 16.3. The van der Waals surface area contributed by atoms with Gasteiger partial charge >= 0.3 is 0 Å². The van der Waals surface area contributed by atoms with Gasteiger partial charge in [-0.15, -0.1) is 0 Å². The molecule has 2 saturated heterocycles. The zero-order valence-corrected chi connectivity index (χ0v) is 15.2. The van der Waals surface area contributed by atoms with Crippen molar-refractivity contribution in [2.45, 2.75) is 27.2 Å². The molecule has 2 aliphatic heterocycles. The standard InChI is InChI=1S/C17H35N5/c1-15(13-21-10-8-20(5)9-11-21)12-19-16(18-4)22-7-6-17(2,3)14-22/h15H,6-14H2,1-5H3,(H,18,19).